The topological polar surface area (TPSA) is 26.0 Å². The second-order valence-corrected chi connectivity index (χ2v) is 6.10. The number of hydrogen-bond acceptors (Lipinski definition) is 1. The molecule has 1 rings (SSSR count). The monoisotopic (exact) mass is 197 g/mol. The van der Waals surface area contributed by atoms with Crippen molar-refractivity contribution in [3.8, 4) is 0 Å². The maximum Gasteiger partial charge on any atom is 0.0103 e. The Morgan fingerprint density at radius 2 is 2.00 bits per heavy atom. The summed E-state index contributed by atoms with van der Waals surface area (Å²) < 4.78 is 0. The molecule has 84 valence electrons. The van der Waals surface area contributed by atoms with E-state index in [2.05, 4.69) is 34.6 Å². The van der Waals surface area contributed by atoms with Crippen LogP contribution in [0.2, 0.25) is 0 Å². The highest BCUT2D eigenvalue weighted by molar-refractivity contribution is 5.04. The van der Waals surface area contributed by atoms with E-state index in [1.54, 1.807) is 0 Å². The fourth-order valence-corrected chi connectivity index (χ4v) is 3.70. The molecule has 0 aromatic rings. The van der Waals surface area contributed by atoms with Crippen LogP contribution in [0, 0.1) is 16.7 Å². The molecule has 0 aromatic carbocycles. The molecule has 1 heteroatoms. The second kappa shape index (κ2) is 3.84. The quantitative estimate of drug-likeness (QED) is 0.719. The summed E-state index contributed by atoms with van der Waals surface area (Å²) in [5, 5.41) is 0. The summed E-state index contributed by atoms with van der Waals surface area (Å²) in [5.74, 6) is 0.750. The van der Waals surface area contributed by atoms with Crippen molar-refractivity contribution in [3.63, 3.8) is 0 Å². The standard InChI is InChI=1S/C13H27N/c1-6-10(2)13(12(3,4)5)9-7-8-11(13)14/h10-11H,6-9,14H2,1-5H3/t10?,11-,13?/m1/s1. The lowest BCUT2D eigenvalue weighted by molar-refractivity contribution is 0.0113. The molecule has 0 bridgehead atoms. The van der Waals surface area contributed by atoms with Crippen LogP contribution in [0.1, 0.15) is 60.3 Å². The molecule has 1 aliphatic rings. The molecule has 0 radical (unpaired) electrons. The SMILES string of the molecule is CCC(C)C1(C(C)(C)C)CCC[C@H]1N. The van der Waals surface area contributed by atoms with Crippen LogP contribution in [0.5, 0.6) is 0 Å². The van der Waals surface area contributed by atoms with Gasteiger partial charge in [-0.15, -0.1) is 0 Å². The Morgan fingerprint density at radius 1 is 1.43 bits per heavy atom. The highest BCUT2D eigenvalue weighted by Gasteiger charge is 2.51. The van der Waals surface area contributed by atoms with Gasteiger partial charge < -0.3 is 5.73 Å². The smallest absolute Gasteiger partial charge is 0.0103 e. The predicted molar refractivity (Wildman–Crippen MR) is 63.2 cm³/mol. The van der Waals surface area contributed by atoms with Crippen molar-refractivity contribution in [2.24, 2.45) is 22.5 Å². The van der Waals surface area contributed by atoms with Crippen LogP contribution in [-0.4, -0.2) is 6.04 Å². The predicted octanol–water partition coefficient (Wildman–Crippen LogP) is 3.58. The zero-order chi connectivity index (χ0) is 11.0. The summed E-state index contributed by atoms with van der Waals surface area (Å²) in [6.45, 7) is 11.8. The lowest BCUT2D eigenvalue weighted by atomic mass is 9.57. The van der Waals surface area contributed by atoms with Crippen LogP contribution < -0.4 is 5.73 Å². The minimum absolute atomic E-state index is 0.346. The Labute approximate surface area is 89.5 Å². The van der Waals surface area contributed by atoms with Crippen molar-refractivity contribution < 1.29 is 0 Å². The van der Waals surface area contributed by atoms with Gasteiger partial charge in [-0.1, -0.05) is 47.5 Å². The van der Waals surface area contributed by atoms with E-state index in [1.807, 2.05) is 0 Å². The van der Waals surface area contributed by atoms with E-state index < -0.39 is 0 Å². The third-order valence-electron chi connectivity index (χ3n) is 4.66. The molecular formula is C13H27N. The van der Waals surface area contributed by atoms with Crippen LogP contribution in [0.4, 0.5) is 0 Å². The van der Waals surface area contributed by atoms with Crippen LogP contribution >= 0.6 is 0 Å². The maximum atomic E-state index is 6.38. The molecule has 1 fully saturated rings. The summed E-state index contributed by atoms with van der Waals surface area (Å²) >= 11 is 0. The zero-order valence-corrected chi connectivity index (χ0v) is 10.6. The highest BCUT2D eigenvalue weighted by Crippen LogP contribution is 2.55. The number of nitrogens with two attached hydrogens (primary N) is 1. The molecule has 2 N–H and O–H groups in total. The highest BCUT2D eigenvalue weighted by atomic mass is 14.8. The Morgan fingerprint density at radius 3 is 2.29 bits per heavy atom. The number of rotatable bonds is 2. The summed E-state index contributed by atoms with van der Waals surface area (Å²) in [5.41, 5.74) is 7.10. The van der Waals surface area contributed by atoms with Crippen molar-refractivity contribution in [1.82, 2.24) is 0 Å². The molecular weight excluding hydrogens is 170 g/mol. The van der Waals surface area contributed by atoms with E-state index in [0.717, 1.165) is 5.92 Å². The van der Waals surface area contributed by atoms with Crippen LogP contribution in [0.3, 0.4) is 0 Å². The van der Waals surface area contributed by atoms with Gasteiger partial charge in [0.05, 0.1) is 0 Å². The largest absolute Gasteiger partial charge is 0.327 e. The molecule has 0 saturated heterocycles. The average Bonchev–Trinajstić information content (AvgIpc) is 2.45. The molecule has 3 atom stereocenters. The minimum atomic E-state index is 0.346. The van der Waals surface area contributed by atoms with Crippen LogP contribution in [0.25, 0.3) is 0 Å². The molecule has 1 nitrogen and oxygen atoms in total. The third-order valence-corrected chi connectivity index (χ3v) is 4.66. The van der Waals surface area contributed by atoms with Crippen molar-refractivity contribution in [3.05, 3.63) is 0 Å². The van der Waals surface area contributed by atoms with Crippen molar-refractivity contribution in [2.45, 2.75) is 66.3 Å². The molecule has 14 heavy (non-hydrogen) atoms. The van der Waals surface area contributed by atoms with E-state index in [1.165, 1.54) is 25.7 Å². The molecule has 0 amide bonds. The first kappa shape index (κ1) is 12.0. The van der Waals surface area contributed by atoms with E-state index in [4.69, 9.17) is 5.73 Å². The first-order chi connectivity index (χ1) is 6.36. The van der Waals surface area contributed by atoms with Gasteiger partial charge >= 0.3 is 0 Å². The average molecular weight is 197 g/mol. The van der Waals surface area contributed by atoms with Gasteiger partial charge in [-0.05, 0) is 29.6 Å². The molecule has 2 unspecified atom stereocenters. The van der Waals surface area contributed by atoms with Crippen LogP contribution in [0.15, 0.2) is 0 Å². The lowest BCUT2D eigenvalue weighted by Crippen LogP contribution is -2.50. The van der Waals surface area contributed by atoms with Gasteiger partial charge in [0.15, 0.2) is 0 Å². The van der Waals surface area contributed by atoms with Crippen molar-refractivity contribution >= 4 is 0 Å². The fourth-order valence-electron chi connectivity index (χ4n) is 3.70. The maximum absolute atomic E-state index is 6.38. The van der Waals surface area contributed by atoms with Gasteiger partial charge in [0, 0.05) is 6.04 Å². The summed E-state index contributed by atoms with van der Waals surface area (Å²) in [7, 11) is 0. The molecule has 0 aromatic heterocycles. The molecule has 0 spiro atoms. The van der Waals surface area contributed by atoms with Crippen molar-refractivity contribution in [2.75, 3.05) is 0 Å². The Balaban J connectivity index is 3.02. The van der Waals surface area contributed by atoms with Crippen molar-refractivity contribution in [1.29, 1.82) is 0 Å². The summed E-state index contributed by atoms with van der Waals surface area (Å²) in [6.07, 6.45) is 5.13. The Bertz CT molecular complexity index is 192. The van der Waals surface area contributed by atoms with Crippen LogP contribution in [-0.2, 0) is 0 Å². The third kappa shape index (κ3) is 1.60. The van der Waals surface area contributed by atoms with E-state index in [9.17, 15) is 0 Å². The summed E-state index contributed by atoms with van der Waals surface area (Å²) in [6, 6.07) is 0.414. The summed E-state index contributed by atoms with van der Waals surface area (Å²) in [4.78, 5) is 0. The fraction of sp³-hybridized carbons (Fsp3) is 1.00. The Hall–Kier alpha value is -0.0400. The van der Waals surface area contributed by atoms with E-state index in [0.29, 0.717) is 16.9 Å². The van der Waals surface area contributed by atoms with E-state index >= 15 is 0 Å². The first-order valence-electron chi connectivity index (χ1n) is 6.12. The Kier molecular flexibility index (Phi) is 3.30. The molecule has 1 saturated carbocycles. The van der Waals surface area contributed by atoms with E-state index in [-0.39, 0.29) is 0 Å². The number of hydrogen-bond donors (Lipinski definition) is 1. The lowest BCUT2D eigenvalue weighted by Gasteiger charge is -2.49. The molecule has 0 aliphatic heterocycles. The second-order valence-electron chi connectivity index (χ2n) is 6.10. The zero-order valence-electron chi connectivity index (χ0n) is 10.6. The van der Waals surface area contributed by atoms with Gasteiger partial charge in [0.1, 0.15) is 0 Å². The van der Waals surface area contributed by atoms with Gasteiger partial charge in [-0.25, -0.2) is 0 Å². The molecule has 0 heterocycles. The van der Waals surface area contributed by atoms with Gasteiger partial charge in [0.2, 0.25) is 0 Å². The van der Waals surface area contributed by atoms with Gasteiger partial charge in [-0.3, -0.25) is 0 Å². The first-order valence-corrected chi connectivity index (χ1v) is 6.12. The normalized spacial score (nSPS) is 36.0. The van der Waals surface area contributed by atoms with Gasteiger partial charge in [-0.2, -0.15) is 0 Å². The van der Waals surface area contributed by atoms with Gasteiger partial charge in [0.25, 0.3) is 0 Å². The molecule has 1 aliphatic carbocycles. The minimum Gasteiger partial charge on any atom is -0.327 e.